The van der Waals surface area contributed by atoms with E-state index < -0.39 is 12.1 Å². The Labute approximate surface area is 144 Å². The van der Waals surface area contributed by atoms with Crippen LogP contribution >= 0.6 is 0 Å². The fourth-order valence-electron chi connectivity index (χ4n) is 2.94. The predicted octanol–water partition coefficient (Wildman–Crippen LogP) is -0.463. The van der Waals surface area contributed by atoms with Gasteiger partial charge < -0.3 is 19.8 Å². The summed E-state index contributed by atoms with van der Waals surface area (Å²) in [4.78, 5) is 26.3. The monoisotopic (exact) mass is 347 g/mol. The van der Waals surface area contributed by atoms with Crippen LogP contribution < -0.4 is 5.32 Å². The molecule has 2 aromatic rings. The molecule has 1 aliphatic rings. The number of carbonyl (C=O) groups is 2. The Bertz CT molecular complexity index is 768. The van der Waals surface area contributed by atoms with Gasteiger partial charge in [-0.3, -0.25) is 14.3 Å². The molecule has 2 aromatic heterocycles. The second kappa shape index (κ2) is 7.06. The number of nitrogens with zero attached hydrogens (tertiary/aromatic N) is 4. The Hall–Kier alpha value is -2.68. The van der Waals surface area contributed by atoms with E-state index in [1.165, 1.54) is 4.90 Å². The lowest BCUT2D eigenvalue weighted by Crippen LogP contribution is -2.46. The molecule has 3 heterocycles. The van der Waals surface area contributed by atoms with Crippen molar-refractivity contribution in [3.8, 4) is 0 Å². The van der Waals surface area contributed by atoms with Crippen molar-refractivity contribution in [2.45, 2.75) is 38.5 Å². The molecule has 9 nitrogen and oxygen atoms in total. The number of rotatable bonds is 5. The summed E-state index contributed by atoms with van der Waals surface area (Å²) in [6, 6.07) is 2.79. The predicted molar refractivity (Wildman–Crippen MR) is 86.1 cm³/mol. The van der Waals surface area contributed by atoms with Gasteiger partial charge in [0.05, 0.1) is 30.5 Å². The average molecular weight is 347 g/mol. The summed E-state index contributed by atoms with van der Waals surface area (Å²) < 4.78 is 6.70. The third-order valence-electron chi connectivity index (χ3n) is 4.12. The number of aliphatic hydroxyl groups is 1. The Morgan fingerprint density at radius 3 is 2.92 bits per heavy atom. The Kier molecular flexibility index (Phi) is 4.84. The Morgan fingerprint density at radius 1 is 1.48 bits per heavy atom. The van der Waals surface area contributed by atoms with E-state index in [2.05, 4.69) is 15.6 Å². The molecule has 1 aliphatic heterocycles. The molecular formula is C16H21N5O4. The summed E-state index contributed by atoms with van der Waals surface area (Å²) in [5.41, 5.74) is 1.42. The third kappa shape index (κ3) is 4.05. The van der Waals surface area contributed by atoms with Crippen LogP contribution in [0.1, 0.15) is 23.6 Å². The van der Waals surface area contributed by atoms with Gasteiger partial charge in [-0.1, -0.05) is 5.16 Å². The maximum Gasteiger partial charge on any atom is 0.243 e. The van der Waals surface area contributed by atoms with Crippen LogP contribution in [-0.2, 0) is 29.6 Å². The van der Waals surface area contributed by atoms with Crippen molar-refractivity contribution in [2.75, 3.05) is 6.54 Å². The molecule has 0 aromatic carbocycles. The van der Waals surface area contributed by atoms with Crippen molar-refractivity contribution in [1.29, 1.82) is 0 Å². The van der Waals surface area contributed by atoms with Crippen LogP contribution in [0.3, 0.4) is 0 Å². The minimum Gasteiger partial charge on any atom is -0.391 e. The van der Waals surface area contributed by atoms with Gasteiger partial charge in [0, 0.05) is 32.3 Å². The van der Waals surface area contributed by atoms with Crippen molar-refractivity contribution in [3.63, 3.8) is 0 Å². The van der Waals surface area contributed by atoms with Gasteiger partial charge in [-0.05, 0) is 13.0 Å². The van der Waals surface area contributed by atoms with Crippen LogP contribution in [0.2, 0.25) is 0 Å². The summed E-state index contributed by atoms with van der Waals surface area (Å²) in [6.45, 7) is 2.17. The summed E-state index contributed by atoms with van der Waals surface area (Å²) in [6.07, 6.45) is 1.30. The fourth-order valence-corrected chi connectivity index (χ4v) is 2.94. The second-order valence-electron chi connectivity index (χ2n) is 6.26. The molecule has 2 amide bonds. The van der Waals surface area contributed by atoms with Gasteiger partial charge in [0.15, 0.2) is 0 Å². The molecule has 0 spiro atoms. The molecule has 25 heavy (non-hydrogen) atoms. The molecule has 134 valence electrons. The molecule has 0 saturated carbocycles. The van der Waals surface area contributed by atoms with Crippen molar-refractivity contribution in [2.24, 2.45) is 7.05 Å². The normalized spacial score (nSPS) is 20.0. The number of amides is 2. The standard InChI is InChI=1S/C16H21N5O4/c1-10-5-13(25-19-10)7-15(23)21-9-12(22)6-14(21)16(24)17-8-11-3-4-20(2)18-11/h3-5,12,14,22H,6-9H2,1-2H3,(H,17,24). The number of nitrogens with one attached hydrogen (secondary N) is 1. The highest BCUT2D eigenvalue weighted by Gasteiger charge is 2.38. The lowest BCUT2D eigenvalue weighted by molar-refractivity contribution is -0.138. The molecule has 2 unspecified atom stereocenters. The Morgan fingerprint density at radius 2 is 2.28 bits per heavy atom. The van der Waals surface area contributed by atoms with E-state index in [0.717, 1.165) is 5.69 Å². The molecule has 0 radical (unpaired) electrons. The van der Waals surface area contributed by atoms with E-state index in [-0.39, 0.29) is 37.7 Å². The van der Waals surface area contributed by atoms with E-state index in [1.54, 1.807) is 37.0 Å². The van der Waals surface area contributed by atoms with Crippen LogP contribution in [0.4, 0.5) is 0 Å². The first-order valence-electron chi connectivity index (χ1n) is 8.08. The first kappa shape index (κ1) is 17.2. The zero-order valence-corrected chi connectivity index (χ0v) is 14.2. The largest absolute Gasteiger partial charge is 0.391 e. The minimum atomic E-state index is -0.717. The van der Waals surface area contributed by atoms with Crippen molar-refractivity contribution >= 4 is 11.8 Å². The number of likely N-dealkylation sites (tertiary alicyclic amines) is 1. The molecular weight excluding hydrogens is 326 g/mol. The molecule has 1 fully saturated rings. The first-order chi connectivity index (χ1) is 11.9. The van der Waals surface area contributed by atoms with Crippen LogP contribution in [0.15, 0.2) is 22.9 Å². The van der Waals surface area contributed by atoms with Crippen LogP contribution in [0.25, 0.3) is 0 Å². The minimum absolute atomic E-state index is 0.0115. The van der Waals surface area contributed by atoms with Crippen LogP contribution in [0, 0.1) is 6.92 Å². The zero-order valence-electron chi connectivity index (χ0n) is 14.2. The fraction of sp³-hybridized carbons (Fsp3) is 0.500. The average Bonchev–Trinajstić information content (AvgIpc) is 3.26. The van der Waals surface area contributed by atoms with E-state index >= 15 is 0 Å². The summed E-state index contributed by atoms with van der Waals surface area (Å²) in [5.74, 6) is -0.133. The molecule has 2 N–H and O–H groups in total. The second-order valence-corrected chi connectivity index (χ2v) is 6.26. The SMILES string of the molecule is Cc1cc(CC(=O)N2CC(O)CC2C(=O)NCc2ccn(C)n2)on1. The smallest absolute Gasteiger partial charge is 0.243 e. The summed E-state index contributed by atoms with van der Waals surface area (Å²) in [5, 5.41) is 20.6. The quantitative estimate of drug-likeness (QED) is 0.756. The van der Waals surface area contributed by atoms with Crippen molar-refractivity contribution < 1.29 is 19.2 Å². The number of aryl methyl sites for hydroxylation is 2. The number of hydrogen-bond donors (Lipinski definition) is 2. The van der Waals surface area contributed by atoms with Gasteiger partial charge in [0.2, 0.25) is 11.8 Å². The van der Waals surface area contributed by atoms with Gasteiger partial charge >= 0.3 is 0 Å². The highest BCUT2D eigenvalue weighted by atomic mass is 16.5. The number of carbonyl (C=O) groups excluding carboxylic acids is 2. The Balaban J connectivity index is 1.61. The van der Waals surface area contributed by atoms with Gasteiger partial charge in [-0.25, -0.2) is 0 Å². The maximum absolute atomic E-state index is 12.5. The highest BCUT2D eigenvalue weighted by molar-refractivity contribution is 5.89. The van der Waals surface area contributed by atoms with Crippen LogP contribution in [0.5, 0.6) is 0 Å². The number of aliphatic hydroxyl groups excluding tert-OH is 1. The molecule has 9 heteroatoms. The lowest BCUT2D eigenvalue weighted by atomic mass is 10.1. The topological polar surface area (TPSA) is 113 Å². The molecule has 1 saturated heterocycles. The molecule has 0 aliphatic carbocycles. The summed E-state index contributed by atoms with van der Waals surface area (Å²) in [7, 11) is 1.80. The van der Waals surface area contributed by atoms with Gasteiger partial charge in [-0.15, -0.1) is 0 Å². The van der Waals surface area contributed by atoms with E-state index in [0.29, 0.717) is 11.5 Å². The van der Waals surface area contributed by atoms with Crippen molar-refractivity contribution in [3.05, 3.63) is 35.5 Å². The first-order valence-corrected chi connectivity index (χ1v) is 8.08. The molecule has 2 atom stereocenters. The van der Waals surface area contributed by atoms with Gasteiger partial charge in [-0.2, -0.15) is 5.10 Å². The summed E-state index contributed by atoms with van der Waals surface area (Å²) >= 11 is 0. The number of hydrogen-bond acceptors (Lipinski definition) is 6. The highest BCUT2D eigenvalue weighted by Crippen LogP contribution is 2.20. The number of β-amino-alcohol motifs (C(OH)–C–C–N with tert-alkyl or cyclic N) is 1. The van der Waals surface area contributed by atoms with E-state index in [1.807, 2.05) is 0 Å². The third-order valence-corrected chi connectivity index (χ3v) is 4.12. The van der Waals surface area contributed by atoms with Crippen molar-refractivity contribution in [1.82, 2.24) is 25.2 Å². The van der Waals surface area contributed by atoms with E-state index in [9.17, 15) is 14.7 Å². The van der Waals surface area contributed by atoms with E-state index in [4.69, 9.17) is 4.52 Å². The maximum atomic E-state index is 12.5. The molecule has 0 bridgehead atoms. The zero-order chi connectivity index (χ0) is 18.0. The van der Waals surface area contributed by atoms with Gasteiger partial charge in [0.1, 0.15) is 11.8 Å². The number of aromatic nitrogens is 3. The van der Waals surface area contributed by atoms with Crippen LogP contribution in [-0.4, -0.2) is 55.4 Å². The van der Waals surface area contributed by atoms with Gasteiger partial charge in [0.25, 0.3) is 0 Å². The lowest BCUT2D eigenvalue weighted by Gasteiger charge is -2.23. The molecule has 3 rings (SSSR count).